The predicted molar refractivity (Wildman–Crippen MR) is 108 cm³/mol. The molecule has 1 unspecified atom stereocenters. The van der Waals surface area contributed by atoms with Crippen molar-refractivity contribution < 1.29 is 4.79 Å². The lowest BCUT2D eigenvalue weighted by atomic mass is 10.0. The van der Waals surface area contributed by atoms with Gasteiger partial charge >= 0.3 is 0 Å². The van der Waals surface area contributed by atoms with Gasteiger partial charge in [-0.2, -0.15) is 0 Å². The Hall–Kier alpha value is -1.79. The van der Waals surface area contributed by atoms with Gasteiger partial charge in [0.1, 0.15) is 17.2 Å². The van der Waals surface area contributed by atoms with Gasteiger partial charge in [0.2, 0.25) is 5.91 Å². The topological polar surface area (TPSA) is 58.1 Å². The van der Waals surface area contributed by atoms with Crippen LogP contribution in [0, 0.1) is 6.92 Å². The zero-order valence-corrected chi connectivity index (χ0v) is 16.6. The molecule has 3 rings (SSSR count). The molecule has 1 N–H and O–H groups in total. The molecule has 1 saturated heterocycles. The van der Waals surface area contributed by atoms with E-state index in [4.69, 9.17) is 11.6 Å². The van der Waals surface area contributed by atoms with Gasteiger partial charge in [-0.25, -0.2) is 9.97 Å². The molecule has 1 aliphatic rings. The van der Waals surface area contributed by atoms with Crippen molar-refractivity contribution in [3.63, 3.8) is 0 Å². The average molecular weight is 391 g/mol. The Morgan fingerprint density at radius 2 is 2.19 bits per heavy atom. The van der Waals surface area contributed by atoms with Gasteiger partial charge in [-0.3, -0.25) is 4.79 Å². The predicted octanol–water partition coefficient (Wildman–Crippen LogP) is 4.55. The van der Waals surface area contributed by atoms with Crippen LogP contribution in [0.25, 0.3) is 0 Å². The van der Waals surface area contributed by atoms with Crippen LogP contribution in [-0.2, 0) is 4.79 Å². The number of aromatic nitrogens is 2. The number of carbonyl (C=O) groups is 1. The summed E-state index contributed by atoms with van der Waals surface area (Å²) in [6.07, 6.45) is 5.23. The van der Waals surface area contributed by atoms with Crippen molar-refractivity contribution in [3.8, 4) is 0 Å². The number of piperidine rings is 1. The Labute approximate surface area is 163 Å². The molecule has 0 radical (unpaired) electrons. The van der Waals surface area contributed by atoms with E-state index in [1.54, 1.807) is 12.4 Å². The zero-order chi connectivity index (χ0) is 18.5. The normalized spacial score (nSPS) is 17.2. The fraction of sp³-hybridized carbons (Fsp3) is 0.421. The fourth-order valence-corrected chi connectivity index (χ4v) is 3.89. The summed E-state index contributed by atoms with van der Waals surface area (Å²) in [7, 11) is 0. The van der Waals surface area contributed by atoms with Crippen molar-refractivity contribution in [1.29, 1.82) is 0 Å². The first-order valence-electron chi connectivity index (χ1n) is 8.80. The number of carbonyl (C=O) groups excluding carboxylic acids is 1. The highest BCUT2D eigenvalue weighted by atomic mass is 35.5. The summed E-state index contributed by atoms with van der Waals surface area (Å²) >= 11 is 7.41. The summed E-state index contributed by atoms with van der Waals surface area (Å²) < 4.78 is 0. The quantitative estimate of drug-likeness (QED) is 0.599. The van der Waals surface area contributed by atoms with Crippen molar-refractivity contribution in [3.05, 3.63) is 41.2 Å². The number of hydrogen-bond acceptors (Lipinski definition) is 5. The lowest BCUT2D eigenvalue weighted by Gasteiger charge is -2.34. The van der Waals surface area contributed by atoms with Crippen LogP contribution in [0.2, 0.25) is 5.02 Å². The molecule has 7 heteroatoms. The summed E-state index contributed by atoms with van der Waals surface area (Å²) in [6, 6.07) is 7.93. The maximum atomic E-state index is 12.3. The second kappa shape index (κ2) is 8.73. The van der Waals surface area contributed by atoms with Gasteiger partial charge < -0.3 is 10.2 Å². The fourth-order valence-electron chi connectivity index (χ4n) is 3.06. The van der Waals surface area contributed by atoms with E-state index in [0.29, 0.717) is 11.1 Å². The van der Waals surface area contributed by atoms with Crippen LogP contribution in [0.5, 0.6) is 0 Å². The molecular formula is C19H23ClN4OS. The molecule has 1 fully saturated rings. The van der Waals surface area contributed by atoms with Crippen molar-refractivity contribution in [2.24, 2.45) is 0 Å². The maximum Gasteiger partial charge on any atom is 0.234 e. The van der Waals surface area contributed by atoms with Gasteiger partial charge in [0.15, 0.2) is 0 Å². The number of anilines is 2. The Morgan fingerprint density at radius 1 is 1.35 bits per heavy atom. The average Bonchev–Trinajstić information content (AvgIpc) is 2.64. The molecule has 138 valence electrons. The van der Waals surface area contributed by atoms with Gasteiger partial charge in [0, 0.05) is 29.4 Å². The lowest BCUT2D eigenvalue weighted by Crippen LogP contribution is -2.38. The second-order valence-corrected chi connectivity index (χ2v) is 7.98. The lowest BCUT2D eigenvalue weighted by molar-refractivity contribution is -0.113. The van der Waals surface area contributed by atoms with Crippen molar-refractivity contribution in [2.45, 2.75) is 44.2 Å². The van der Waals surface area contributed by atoms with E-state index < -0.39 is 0 Å². The van der Waals surface area contributed by atoms with Crippen molar-refractivity contribution in [2.75, 3.05) is 22.5 Å². The summed E-state index contributed by atoms with van der Waals surface area (Å²) in [5.74, 6) is 1.16. The van der Waals surface area contributed by atoms with Crippen LogP contribution in [-0.4, -0.2) is 34.2 Å². The third-order valence-corrected chi connectivity index (χ3v) is 5.71. The van der Waals surface area contributed by atoms with Crippen LogP contribution >= 0.6 is 23.4 Å². The van der Waals surface area contributed by atoms with E-state index in [9.17, 15) is 4.79 Å². The molecule has 1 aromatic carbocycles. The Balaban J connectivity index is 1.60. The van der Waals surface area contributed by atoms with E-state index in [1.807, 2.05) is 25.1 Å². The summed E-state index contributed by atoms with van der Waals surface area (Å²) in [6.45, 7) is 5.20. The van der Waals surface area contributed by atoms with Gasteiger partial charge in [0.05, 0.1) is 5.75 Å². The number of aryl methyl sites for hydroxylation is 1. The Kier molecular flexibility index (Phi) is 6.38. The molecule has 1 aliphatic heterocycles. The van der Waals surface area contributed by atoms with Crippen LogP contribution < -0.4 is 10.2 Å². The van der Waals surface area contributed by atoms with Gasteiger partial charge in [-0.15, -0.1) is 0 Å². The first-order chi connectivity index (χ1) is 12.5. The van der Waals surface area contributed by atoms with E-state index in [1.165, 1.54) is 31.0 Å². The summed E-state index contributed by atoms with van der Waals surface area (Å²) in [5, 5.41) is 4.33. The number of thioether (sulfide) groups is 1. The molecule has 2 aromatic rings. The number of nitrogens with zero attached hydrogens (tertiary/aromatic N) is 3. The standard InChI is InChI=1S/C19H23ClN4OS/c1-13-6-7-15(20)9-16(13)23-18(25)11-26-19-10-17(21-12-22-19)24-8-4-3-5-14(24)2/h6-7,9-10,12,14H,3-5,8,11H2,1-2H3,(H,23,25). The minimum atomic E-state index is -0.0770. The molecule has 0 saturated carbocycles. The van der Waals surface area contributed by atoms with E-state index in [2.05, 4.69) is 27.1 Å². The molecule has 0 bridgehead atoms. The molecule has 0 aliphatic carbocycles. The molecule has 0 spiro atoms. The first kappa shape index (κ1) is 19.0. The molecular weight excluding hydrogens is 368 g/mol. The highest BCUT2D eigenvalue weighted by Gasteiger charge is 2.20. The molecule has 1 amide bonds. The van der Waals surface area contributed by atoms with E-state index in [0.717, 1.165) is 28.6 Å². The molecule has 26 heavy (non-hydrogen) atoms. The Morgan fingerprint density at radius 3 is 3.00 bits per heavy atom. The van der Waals surface area contributed by atoms with E-state index in [-0.39, 0.29) is 11.7 Å². The smallest absolute Gasteiger partial charge is 0.234 e. The second-order valence-electron chi connectivity index (χ2n) is 6.55. The minimum absolute atomic E-state index is 0.0770. The maximum absolute atomic E-state index is 12.3. The molecule has 2 heterocycles. The number of benzene rings is 1. The zero-order valence-electron chi connectivity index (χ0n) is 15.0. The third-order valence-electron chi connectivity index (χ3n) is 4.55. The number of amides is 1. The van der Waals surface area contributed by atoms with Crippen LogP contribution in [0.4, 0.5) is 11.5 Å². The third kappa shape index (κ3) is 4.89. The molecule has 5 nitrogen and oxygen atoms in total. The number of rotatable bonds is 5. The highest BCUT2D eigenvalue weighted by molar-refractivity contribution is 7.99. The van der Waals surface area contributed by atoms with Crippen LogP contribution in [0.1, 0.15) is 31.7 Å². The van der Waals surface area contributed by atoms with Crippen molar-refractivity contribution >= 4 is 40.8 Å². The first-order valence-corrected chi connectivity index (χ1v) is 10.2. The molecule has 1 aromatic heterocycles. The molecule has 1 atom stereocenters. The van der Waals surface area contributed by atoms with Gasteiger partial charge in [-0.1, -0.05) is 29.4 Å². The van der Waals surface area contributed by atoms with Crippen molar-refractivity contribution in [1.82, 2.24) is 9.97 Å². The monoisotopic (exact) mass is 390 g/mol. The SMILES string of the molecule is Cc1ccc(Cl)cc1NC(=O)CSc1cc(N2CCCCC2C)ncn1. The van der Waals surface area contributed by atoms with Gasteiger partial charge in [-0.05, 0) is 50.8 Å². The summed E-state index contributed by atoms with van der Waals surface area (Å²) in [5.41, 5.74) is 1.73. The van der Waals surface area contributed by atoms with E-state index >= 15 is 0 Å². The highest BCUT2D eigenvalue weighted by Crippen LogP contribution is 2.26. The number of hydrogen-bond donors (Lipinski definition) is 1. The van der Waals surface area contributed by atoms with Crippen LogP contribution in [0.15, 0.2) is 35.6 Å². The number of nitrogens with one attached hydrogen (secondary N) is 1. The Bertz CT molecular complexity index is 786. The van der Waals surface area contributed by atoms with Crippen LogP contribution in [0.3, 0.4) is 0 Å². The van der Waals surface area contributed by atoms with Gasteiger partial charge in [0.25, 0.3) is 0 Å². The minimum Gasteiger partial charge on any atom is -0.354 e. The number of halogens is 1. The largest absolute Gasteiger partial charge is 0.354 e. The summed E-state index contributed by atoms with van der Waals surface area (Å²) in [4.78, 5) is 23.3.